The van der Waals surface area contributed by atoms with Gasteiger partial charge in [0.05, 0.1) is 5.92 Å². The number of rotatable bonds is 4. The third-order valence-corrected chi connectivity index (χ3v) is 4.91. The molecular weight excluding hydrogens is 389 g/mol. The zero-order chi connectivity index (χ0) is 15.5. The topological polar surface area (TPSA) is 40.5 Å². The van der Waals surface area contributed by atoms with Crippen LogP contribution in [0.15, 0.2) is 54.6 Å². The first kappa shape index (κ1) is 15.5. The number of nitrogens with zero attached hydrogens (tertiary/aromatic N) is 1. The summed E-state index contributed by atoms with van der Waals surface area (Å²) in [5.41, 5.74) is 2.37. The summed E-state index contributed by atoms with van der Waals surface area (Å²) in [6, 6.07) is 18.4. The van der Waals surface area contributed by atoms with Gasteiger partial charge in [0.2, 0.25) is 0 Å². The lowest BCUT2D eigenvalue weighted by Crippen LogP contribution is -2.23. The summed E-state index contributed by atoms with van der Waals surface area (Å²) in [7, 11) is 0. The van der Waals surface area contributed by atoms with E-state index in [-0.39, 0.29) is 11.8 Å². The van der Waals surface area contributed by atoms with Crippen LogP contribution in [0.2, 0.25) is 0 Å². The fourth-order valence-corrected chi connectivity index (χ4v) is 3.75. The molecule has 2 atom stereocenters. The maximum absolute atomic E-state index is 11.6. The Morgan fingerprint density at radius 2 is 1.91 bits per heavy atom. The first-order valence-corrected chi connectivity index (χ1v) is 8.46. The molecule has 2 unspecified atom stereocenters. The third kappa shape index (κ3) is 3.50. The van der Waals surface area contributed by atoms with Crippen LogP contribution in [0.3, 0.4) is 0 Å². The van der Waals surface area contributed by atoms with Gasteiger partial charge < -0.3 is 5.11 Å². The molecule has 1 aliphatic heterocycles. The Bertz CT molecular complexity index is 659. The SMILES string of the molecule is O=C(O)C1CN(Cc2ccccc2)CC1c1cccc(I)c1. The Kier molecular flexibility index (Phi) is 4.78. The molecule has 0 radical (unpaired) electrons. The maximum Gasteiger partial charge on any atom is 0.308 e. The summed E-state index contributed by atoms with van der Waals surface area (Å²) in [5, 5.41) is 9.57. The molecule has 3 nitrogen and oxygen atoms in total. The molecule has 1 saturated heterocycles. The molecular formula is C18H18INO2. The van der Waals surface area contributed by atoms with Crippen molar-refractivity contribution in [3.63, 3.8) is 0 Å². The van der Waals surface area contributed by atoms with E-state index < -0.39 is 5.97 Å². The number of carboxylic acid groups (broad SMARTS) is 1. The van der Waals surface area contributed by atoms with Crippen LogP contribution in [-0.2, 0) is 11.3 Å². The minimum atomic E-state index is -0.695. The number of hydrogen-bond donors (Lipinski definition) is 1. The molecule has 0 saturated carbocycles. The molecule has 1 fully saturated rings. The Hall–Kier alpha value is -1.40. The van der Waals surface area contributed by atoms with Gasteiger partial charge in [0.25, 0.3) is 0 Å². The summed E-state index contributed by atoms with van der Waals surface area (Å²) < 4.78 is 1.15. The highest BCUT2D eigenvalue weighted by Gasteiger charge is 2.38. The minimum absolute atomic E-state index is 0.0657. The molecule has 22 heavy (non-hydrogen) atoms. The van der Waals surface area contributed by atoms with Crippen LogP contribution in [-0.4, -0.2) is 29.1 Å². The summed E-state index contributed by atoms with van der Waals surface area (Å²) in [6.45, 7) is 2.22. The average molecular weight is 407 g/mol. The smallest absolute Gasteiger partial charge is 0.308 e. The van der Waals surface area contributed by atoms with E-state index in [1.807, 2.05) is 30.3 Å². The number of halogens is 1. The molecule has 2 aromatic rings. The lowest BCUT2D eigenvalue weighted by molar-refractivity contribution is -0.141. The largest absolute Gasteiger partial charge is 0.481 e. The number of hydrogen-bond acceptors (Lipinski definition) is 2. The average Bonchev–Trinajstić information content (AvgIpc) is 2.92. The van der Waals surface area contributed by atoms with Gasteiger partial charge >= 0.3 is 5.97 Å². The van der Waals surface area contributed by atoms with Crippen molar-refractivity contribution in [3.8, 4) is 0 Å². The van der Waals surface area contributed by atoms with Crippen molar-refractivity contribution in [1.82, 2.24) is 4.90 Å². The molecule has 0 amide bonds. The molecule has 0 aliphatic carbocycles. The van der Waals surface area contributed by atoms with Gasteiger partial charge in [-0.2, -0.15) is 0 Å². The zero-order valence-corrected chi connectivity index (χ0v) is 14.3. The molecule has 114 valence electrons. The minimum Gasteiger partial charge on any atom is -0.481 e. The second-order valence-corrected chi connectivity index (χ2v) is 7.03. The van der Waals surface area contributed by atoms with Crippen molar-refractivity contribution < 1.29 is 9.90 Å². The number of likely N-dealkylation sites (tertiary alicyclic amines) is 1. The second kappa shape index (κ2) is 6.79. The summed E-state index contributed by atoms with van der Waals surface area (Å²) in [6.07, 6.45) is 0. The number of aliphatic carboxylic acids is 1. The van der Waals surface area contributed by atoms with Crippen LogP contribution < -0.4 is 0 Å². The van der Waals surface area contributed by atoms with Gasteiger partial charge in [0.1, 0.15) is 0 Å². The predicted molar refractivity (Wildman–Crippen MR) is 94.7 cm³/mol. The zero-order valence-electron chi connectivity index (χ0n) is 12.2. The van der Waals surface area contributed by atoms with Gasteiger partial charge in [0.15, 0.2) is 0 Å². The van der Waals surface area contributed by atoms with E-state index in [4.69, 9.17) is 0 Å². The first-order valence-electron chi connectivity index (χ1n) is 7.38. The molecule has 0 bridgehead atoms. The van der Waals surface area contributed by atoms with Crippen molar-refractivity contribution in [1.29, 1.82) is 0 Å². The fraction of sp³-hybridized carbons (Fsp3) is 0.278. The normalized spacial score (nSPS) is 21.9. The molecule has 3 rings (SSSR count). The molecule has 0 aromatic heterocycles. The molecule has 4 heteroatoms. The Balaban J connectivity index is 1.79. The Morgan fingerprint density at radius 1 is 1.14 bits per heavy atom. The second-order valence-electron chi connectivity index (χ2n) is 5.79. The molecule has 1 N–H and O–H groups in total. The van der Waals surface area contributed by atoms with Gasteiger partial charge in [-0.3, -0.25) is 9.69 Å². The quantitative estimate of drug-likeness (QED) is 0.788. The van der Waals surface area contributed by atoms with Gasteiger partial charge in [-0.25, -0.2) is 0 Å². The molecule has 2 aromatic carbocycles. The van der Waals surface area contributed by atoms with E-state index in [9.17, 15) is 9.90 Å². The molecule has 1 heterocycles. The van der Waals surface area contributed by atoms with E-state index in [1.54, 1.807) is 0 Å². The lowest BCUT2D eigenvalue weighted by atomic mass is 9.89. The highest BCUT2D eigenvalue weighted by Crippen LogP contribution is 2.34. The lowest BCUT2D eigenvalue weighted by Gasteiger charge is -2.16. The van der Waals surface area contributed by atoms with E-state index in [2.05, 4.69) is 51.8 Å². The van der Waals surface area contributed by atoms with E-state index >= 15 is 0 Å². The van der Waals surface area contributed by atoms with E-state index in [1.165, 1.54) is 5.56 Å². The van der Waals surface area contributed by atoms with E-state index in [0.29, 0.717) is 6.54 Å². The number of benzene rings is 2. The highest BCUT2D eigenvalue weighted by atomic mass is 127. The van der Waals surface area contributed by atoms with Crippen molar-refractivity contribution in [3.05, 3.63) is 69.3 Å². The van der Waals surface area contributed by atoms with Crippen LogP contribution >= 0.6 is 22.6 Å². The number of carbonyl (C=O) groups is 1. The van der Waals surface area contributed by atoms with Crippen LogP contribution in [0, 0.1) is 9.49 Å². The Morgan fingerprint density at radius 3 is 2.59 bits per heavy atom. The van der Waals surface area contributed by atoms with Crippen LogP contribution in [0.25, 0.3) is 0 Å². The monoisotopic (exact) mass is 407 g/mol. The van der Waals surface area contributed by atoms with Gasteiger partial charge in [-0.1, -0.05) is 42.5 Å². The summed E-state index contributed by atoms with van der Waals surface area (Å²) >= 11 is 2.28. The highest BCUT2D eigenvalue weighted by molar-refractivity contribution is 14.1. The van der Waals surface area contributed by atoms with Crippen LogP contribution in [0.5, 0.6) is 0 Å². The summed E-state index contributed by atoms with van der Waals surface area (Å²) in [5.74, 6) is -0.961. The van der Waals surface area contributed by atoms with E-state index in [0.717, 1.165) is 22.2 Å². The van der Waals surface area contributed by atoms with Crippen molar-refractivity contribution in [2.24, 2.45) is 5.92 Å². The predicted octanol–water partition coefficient (Wildman–Crippen LogP) is 3.59. The third-order valence-electron chi connectivity index (χ3n) is 4.24. The van der Waals surface area contributed by atoms with Crippen molar-refractivity contribution >= 4 is 28.6 Å². The Labute approximate surface area is 144 Å². The molecule has 0 spiro atoms. The standard InChI is InChI=1S/C18H18INO2/c19-15-8-4-7-14(9-15)16-11-20(12-17(16)18(21)22)10-13-5-2-1-3-6-13/h1-9,16-17H,10-12H2,(H,21,22). The van der Waals surface area contributed by atoms with Crippen LogP contribution in [0.4, 0.5) is 0 Å². The van der Waals surface area contributed by atoms with Crippen molar-refractivity contribution in [2.75, 3.05) is 13.1 Å². The maximum atomic E-state index is 11.6. The van der Waals surface area contributed by atoms with Gasteiger partial charge in [-0.15, -0.1) is 0 Å². The van der Waals surface area contributed by atoms with Gasteiger partial charge in [-0.05, 0) is 45.9 Å². The van der Waals surface area contributed by atoms with Crippen molar-refractivity contribution in [2.45, 2.75) is 12.5 Å². The van der Waals surface area contributed by atoms with Crippen LogP contribution in [0.1, 0.15) is 17.0 Å². The van der Waals surface area contributed by atoms with Gasteiger partial charge in [0, 0.05) is 29.1 Å². The summed E-state index contributed by atoms with van der Waals surface area (Å²) in [4.78, 5) is 13.9. The molecule has 1 aliphatic rings. The first-order chi connectivity index (χ1) is 10.6. The fourth-order valence-electron chi connectivity index (χ4n) is 3.18. The number of carboxylic acids is 1.